The molecule has 0 unspecified atom stereocenters. The van der Waals surface area contributed by atoms with Crippen LogP contribution < -0.4 is 5.32 Å². The first kappa shape index (κ1) is 15.4. The molecule has 0 aromatic heterocycles. The van der Waals surface area contributed by atoms with Gasteiger partial charge in [0.1, 0.15) is 0 Å². The average Bonchev–Trinajstić information content (AvgIpc) is 2.41. The van der Waals surface area contributed by atoms with Crippen LogP contribution in [0.5, 0.6) is 0 Å². The highest BCUT2D eigenvalue weighted by Gasteiger charge is 1.92. The zero-order chi connectivity index (χ0) is 12.9. The average molecular weight is 229 g/mol. The zero-order valence-electron chi connectivity index (χ0n) is 10.9. The zero-order valence-corrected chi connectivity index (χ0v) is 10.9. The first-order chi connectivity index (χ1) is 8.36. The minimum absolute atomic E-state index is 0.824. The molecule has 1 heteroatoms. The maximum Gasteiger partial charge on any atom is 0.0208 e. The lowest BCUT2D eigenvalue weighted by atomic mass is 10.2. The molecule has 1 aromatic carbocycles. The van der Waals surface area contributed by atoms with Crippen molar-refractivity contribution in [2.75, 3.05) is 6.54 Å². The van der Waals surface area contributed by atoms with Crippen molar-refractivity contribution in [3.8, 4) is 0 Å². The smallest absolute Gasteiger partial charge is 0.0208 e. The van der Waals surface area contributed by atoms with Gasteiger partial charge in [-0.15, -0.1) is 0 Å². The van der Waals surface area contributed by atoms with E-state index in [9.17, 15) is 0 Å². The third kappa shape index (κ3) is 7.31. The fraction of sp³-hybridized carbons (Fsp3) is 0.250. The summed E-state index contributed by atoms with van der Waals surface area (Å²) in [5, 5.41) is 3.35. The summed E-state index contributed by atoms with van der Waals surface area (Å²) >= 11 is 0. The molecule has 0 saturated heterocycles. The van der Waals surface area contributed by atoms with Gasteiger partial charge in [0, 0.05) is 13.1 Å². The van der Waals surface area contributed by atoms with Crippen LogP contribution in [0, 0.1) is 0 Å². The molecular formula is C16H23N. The van der Waals surface area contributed by atoms with Crippen molar-refractivity contribution in [1.82, 2.24) is 5.32 Å². The first-order valence-corrected chi connectivity index (χ1v) is 6.05. The SMILES string of the molecule is C=C/C=C(\C=C)CNCc1ccccc1.CC. The monoisotopic (exact) mass is 229 g/mol. The third-order valence-corrected chi connectivity index (χ3v) is 2.10. The van der Waals surface area contributed by atoms with Crippen LogP contribution in [0.15, 0.2) is 67.3 Å². The van der Waals surface area contributed by atoms with Gasteiger partial charge in [0.25, 0.3) is 0 Å². The van der Waals surface area contributed by atoms with Gasteiger partial charge in [-0.1, -0.05) is 75.6 Å². The molecule has 0 atom stereocenters. The van der Waals surface area contributed by atoms with Gasteiger partial charge in [0.15, 0.2) is 0 Å². The van der Waals surface area contributed by atoms with Crippen molar-refractivity contribution in [2.24, 2.45) is 0 Å². The highest BCUT2D eigenvalue weighted by molar-refractivity contribution is 5.22. The van der Waals surface area contributed by atoms with Crippen molar-refractivity contribution >= 4 is 0 Å². The van der Waals surface area contributed by atoms with Crippen LogP contribution in [0.4, 0.5) is 0 Å². The predicted octanol–water partition coefficient (Wildman–Crippen LogP) is 4.10. The Labute approximate surface area is 106 Å². The summed E-state index contributed by atoms with van der Waals surface area (Å²) < 4.78 is 0. The molecule has 0 radical (unpaired) electrons. The number of rotatable bonds is 6. The van der Waals surface area contributed by atoms with E-state index < -0.39 is 0 Å². The fourth-order valence-corrected chi connectivity index (χ4v) is 1.30. The highest BCUT2D eigenvalue weighted by atomic mass is 14.8. The molecule has 0 heterocycles. The Morgan fingerprint density at radius 3 is 2.35 bits per heavy atom. The topological polar surface area (TPSA) is 12.0 Å². The largest absolute Gasteiger partial charge is 0.309 e. The third-order valence-electron chi connectivity index (χ3n) is 2.10. The molecule has 1 N–H and O–H groups in total. The molecule has 1 nitrogen and oxygen atoms in total. The Bertz CT molecular complexity index is 336. The molecule has 0 aliphatic rings. The van der Waals surface area contributed by atoms with E-state index >= 15 is 0 Å². The lowest BCUT2D eigenvalue weighted by molar-refractivity contribution is 0.747. The molecule has 0 spiro atoms. The summed E-state index contributed by atoms with van der Waals surface area (Å²) in [6.45, 7) is 13.1. The predicted molar refractivity (Wildman–Crippen MR) is 78.0 cm³/mol. The molecule has 0 bridgehead atoms. The Morgan fingerprint density at radius 2 is 1.82 bits per heavy atom. The Kier molecular flexibility index (Phi) is 9.88. The van der Waals surface area contributed by atoms with Gasteiger partial charge in [-0.2, -0.15) is 0 Å². The second-order valence-electron chi connectivity index (χ2n) is 3.27. The first-order valence-electron chi connectivity index (χ1n) is 6.05. The number of nitrogens with one attached hydrogen (secondary N) is 1. The van der Waals surface area contributed by atoms with E-state index in [0.717, 1.165) is 18.7 Å². The number of hydrogen-bond donors (Lipinski definition) is 1. The molecule has 0 fully saturated rings. The van der Waals surface area contributed by atoms with Crippen molar-refractivity contribution < 1.29 is 0 Å². The molecule has 0 aliphatic heterocycles. The lowest BCUT2D eigenvalue weighted by Crippen LogP contribution is -2.15. The van der Waals surface area contributed by atoms with Gasteiger partial charge in [-0.05, 0) is 11.1 Å². The fourth-order valence-electron chi connectivity index (χ4n) is 1.30. The second kappa shape index (κ2) is 10.9. The number of allylic oxidation sites excluding steroid dienone is 2. The van der Waals surface area contributed by atoms with Gasteiger partial charge < -0.3 is 5.32 Å². The Hall–Kier alpha value is -1.60. The quantitative estimate of drug-likeness (QED) is 0.724. The van der Waals surface area contributed by atoms with Gasteiger partial charge in [0.2, 0.25) is 0 Å². The maximum absolute atomic E-state index is 3.75. The van der Waals surface area contributed by atoms with Crippen LogP contribution in [-0.4, -0.2) is 6.54 Å². The van der Waals surface area contributed by atoms with E-state index in [1.54, 1.807) is 6.08 Å². The van der Waals surface area contributed by atoms with Crippen LogP contribution in [0.25, 0.3) is 0 Å². The summed E-state index contributed by atoms with van der Waals surface area (Å²) in [4.78, 5) is 0. The second-order valence-corrected chi connectivity index (χ2v) is 3.27. The van der Waals surface area contributed by atoms with E-state index in [1.807, 2.05) is 44.2 Å². The summed E-state index contributed by atoms with van der Waals surface area (Å²) in [6.07, 6.45) is 5.59. The van der Waals surface area contributed by atoms with Crippen LogP contribution in [-0.2, 0) is 6.54 Å². The van der Waals surface area contributed by atoms with Gasteiger partial charge in [0.05, 0.1) is 0 Å². The number of benzene rings is 1. The Balaban J connectivity index is 0.00000121. The normalized spacial score (nSPS) is 10.1. The van der Waals surface area contributed by atoms with Gasteiger partial charge in [-0.3, -0.25) is 0 Å². The van der Waals surface area contributed by atoms with Crippen molar-refractivity contribution in [3.63, 3.8) is 0 Å². The Morgan fingerprint density at radius 1 is 1.18 bits per heavy atom. The standard InChI is InChI=1S/C14H17N.C2H6/c1-3-8-13(4-2)11-15-12-14-9-6-5-7-10-14;1-2/h3-10,15H,1-2,11-12H2;1-2H3/b13-8+;. The van der Waals surface area contributed by atoms with E-state index in [-0.39, 0.29) is 0 Å². The molecule has 92 valence electrons. The van der Waals surface area contributed by atoms with E-state index in [0.29, 0.717) is 0 Å². The highest BCUT2D eigenvalue weighted by Crippen LogP contribution is 1.99. The van der Waals surface area contributed by atoms with Crippen molar-refractivity contribution in [1.29, 1.82) is 0 Å². The van der Waals surface area contributed by atoms with E-state index in [4.69, 9.17) is 0 Å². The minimum Gasteiger partial charge on any atom is -0.309 e. The van der Waals surface area contributed by atoms with Crippen LogP contribution >= 0.6 is 0 Å². The van der Waals surface area contributed by atoms with Crippen LogP contribution in [0.2, 0.25) is 0 Å². The minimum atomic E-state index is 0.824. The lowest BCUT2D eigenvalue weighted by Gasteiger charge is -2.04. The molecule has 0 amide bonds. The van der Waals surface area contributed by atoms with E-state index in [1.165, 1.54) is 5.56 Å². The number of hydrogen-bond acceptors (Lipinski definition) is 1. The summed E-state index contributed by atoms with van der Waals surface area (Å²) in [6, 6.07) is 10.3. The van der Waals surface area contributed by atoms with E-state index in [2.05, 4.69) is 30.6 Å². The van der Waals surface area contributed by atoms with Crippen LogP contribution in [0.3, 0.4) is 0 Å². The maximum atomic E-state index is 3.75. The van der Waals surface area contributed by atoms with Crippen LogP contribution in [0.1, 0.15) is 19.4 Å². The molecule has 0 aliphatic carbocycles. The summed E-state index contributed by atoms with van der Waals surface area (Å²) in [7, 11) is 0. The molecule has 1 rings (SSSR count). The molecular weight excluding hydrogens is 206 g/mol. The van der Waals surface area contributed by atoms with Crippen molar-refractivity contribution in [2.45, 2.75) is 20.4 Å². The summed E-state index contributed by atoms with van der Waals surface area (Å²) in [5.74, 6) is 0. The van der Waals surface area contributed by atoms with Gasteiger partial charge in [-0.25, -0.2) is 0 Å². The van der Waals surface area contributed by atoms with Crippen molar-refractivity contribution in [3.05, 3.63) is 72.9 Å². The summed E-state index contributed by atoms with van der Waals surface area (Å²) in [5.41, 5.74) is 2.44. The molecule has 0 saturated carbocycles. The molecule has 1 aromatic rings. The molecule has 17 heavy (non-hydrogen) atoms. The van der Waals surface area contributed by atoms with Gasteiger partial charge >= 0.3 is 0 Å².